The Bertz CT molecular complexity index is 1140. The van der Waals surface area contributed by atoms with Crippen molar-refractivity contribution < 1.29 is 18.3 Å². The van der Waals surface area contributed by atoms with E-state index in [1.807, 2.05) is 43.3 Å². The molecule has 0 aliphatic rings. The van der Waals surface area contributed by atoms with E-state index in [2.05, 4.69) is 4.72 Å². The number of rotatable bonds is 7. The molecule has 0 saturated carbocycles. The summed E-state index contributed by atoms with van der Waals surface area (Å²) in [7, 11) is -3.67. The van der Waals surface area contributed by atoms with Gasteiger partial charge in [-0.3, -0.25) is 4.72 Å². The number of sulfonamides is 1. The predicted octanol–water partition coefficient (Wildman–Crippen LogP) is 4.90. The van der Waals surface area contributed by atoms with Crippen molar-refractivity contribution in [1.82, 2.24) is 0 Å². The van der Waals surface area contributed by atoms with E-state index in [0.29, 0.717) is 10.6 Å². The van der Waals surface area contributed by atoms with Crippen molar-refractivity contribution in [2.24, 2.45) is 0 Å². The van der Waals surface area contributed by atoms with Gasteiger partial charge in [-0.05, 0) is 80.1 Å². The van der Waals surface area contributed by atoms with Crippen LogP contribution >= 0.6 is 0 Å². The monoisotopic (exact) mass is 423 g/mol. The van der Waals surface area contributed by atoms with Crippen molar-refractivity contribution in [2.45, 2.75) is 38.5 Å². The molecule has 0 heterocycles. The number of aromatic carboxylic acids is 1. The molecule has 0 bridgehead atoms. The zero-order chi connectivity index (χ0) is 21.9. The van der Waals surface area contributed by atoms with Gasteiger partial charge in [-0.15, -0.1) is 0 Å². The van der Waals surface area contributed by atoms with Crippen molar-refractivity contribution in [3.63, 3.8) is 0 Å². The molecule has 3 aromatic carbocycles. The minimum Gasteiger partial charge on any atom is -0.478 e. The number of benzene rings is 3. The number of hydrogen-bond acceptors (Lipinski definition) is 3. The second kappa shape index (κ2) is 8.71. The van der Waals surface area contributed by atoms with Gasteiger partial charge >= 0.3 is 5.97 Å². The minimum atomic E-state index is -3.67. The fourth-order valence-corrected chi connectivity index (χ4v) is 5.15. The predicted molar refractivity (Wildman–Crippen MR) is 119 cm³/mol. The van der Waals surface area contributed by atoms with Gasteiger partial charge < -0.3 is 5.11 Å². The number of aryl methyl sites for hydroxylation is 5. The van der Waals surface area contributed by atoms with Crippen LogP contribution in [0.15, 0.2) is 65.6 Å². The van der Waals surface area contributed by atoms with Crippen LogP contribution in [-0.2, 0) is 22.9 Å². The second-order valence-corrected chi connectivity index (χ2v) is 9.15. The lowest BCUT2D eigenvalue weighted by Crippen LogP contribution is -2.16. The van der Waals surface area contributed by atoms with Crippen molar-refractivity contribution in [2.75, 3.05) is 4.72 Å². The summed E-state index contributed by atoms with van der Waals surface area (Å²) in [6.07, 6.45) is 1.54. The summed E-state index contributed by atoms with van der Waals surface area (Å²) in [6, 6.07) is 17.9. The van der Waals surface area contributed by atoms with E-state index in [9.17, 15) is 13.2 Å². The van der Waals surface area contributed by atoms with Crippen LogP contribution in [0.1, 0.15) is 38.2 Å². The molecule has 0 aliphatic carbocycles. The molecule has 5 nitrogen and oxygen atoms in total. The topological polar surface area (TPSA) is 83.5 Å². The molecule has 156 valence electrons. The zero-order valence-electron chi connectivity index (χ0n) is 17.3. The lowest BCUT2D eigenvalue weighted by atomic mass is 10.0. The Morgan fingerprint density at radius 3 is 1.77 bits per heavy atom. The normalized spacial score (nSPS) is 11.3. The van der Waals surface area contributed by atoms with E-state index in [1.165, 1.54) is 0 Å². The fourth-order valence-electron chi connectivity index (χ4n) is 3.64. The molecule has 0 amide bonds. The Labute approximate surface area is 177 Å². The van der Waals surface area contributed by atoms with Crippen molar-refractivity contribution in [3.05, 3.63) is 94.0 Å². The van der Waals surface area contributed by atoms with E-state index >= 15 is 0 Å². The smallest absolute Gasteiger partial charge is 0.335 e. The average Bonchev–Trinajstić information content (AvgIpc) is 2.66. The van der Waals surface area contributed by atoms with E-state index in [0.717, 1.165) is 40.7 Å². The first-order chi connectivity index (χ1) is 14.2. The molecule has 2 N–H and O–H groups in total. The standard InChI is InChI=1S/C24H25NO4S/c1-16-14-17(2)23(18(3)15-16)30(28,29)25-22-12-8-20(9-13-22)5-4-19-6-10-21(11-7-19)24(26)27/h6-15,25H,4-5H2,1-3H3,(H,26,27). The molecule has 0 saturated heterocycles. The molecule has 0 spiro atoms. The summed E-state index contributed by atoms with van der Waals surface area (Å²) in [6.45, 7) is 5.56. The Hall–Kier alpha value is -3.12. The van der Waals surface area contributed by atoms with Gasteiger partial charge in [0, 0.05) is 5.69 Å². The highest BCUT2D eigenvalue weighted by Crippen LogP contribution is 2.24. The molecule has 3 aromatic rings. The van der Waals surface area contributed by atoms with Gasteiger partial charge in [0.1, 0.15) is 0 Å². The molecule has 0 atom stereocenters. The van der Waals surface area contributed by atoms with Gasteiger partial charge in [0.05, 0.1) is 10.5 Å². The van der Waals surface area contributed by atoms with Crippen molar-refractivity contribution >= 4 is 21.7 Å². The molecule has 6 heteroatoms. The van der Waals surface area contributed by atoms with Crippen LogP contribution in [0.5, 0.6) is 0 Å². The summed E-state index contributed by atoms with van der Waals surface area (Å²) >= 11 is 0. The molecule has 0 aliphatic heterocycles. The molecule has 30 heavy (non-hydrogen) atoms. The van der Waals surface area contributed by atoms with Gasteiger partial charge in [0.2, 0.25) is 0 Å². The number of carboxylic acids is 1. The Morgan fingerprint density at radius 2 is 1.30 bits per heavy atom. The first kappa shape index (κ1) is 21.6. The average molecular weight is 424 g/mol. The zero-order valence-corrected chi connectivity index (χ0v) is 18.1. The largest absolute Gasteiger partial charge is 0.478 e. The first-order valence-electron chi connectivity index (χ1n) is 9.67. The Balaban J connectivity index is 1.68. The number of carboxylic acid groups (broad SMARTS) is 1. The van der Waals surface area contributed by atoms with E-state index < -0.39 is 16.0 Å². The van der Waals surface area contributed by atoms with Crippen LogP contribution < -0.4 is 4.72 Å². The maximum Gasteiger partial charge on any atom is 0.335 e. The van der Waals surface area contributed by atoms with Gasteiger partial charge in [0.15, 0.2) is 0 Å². The lowest BCUT2D eigenvalue weighted by molar-refractivity contribution is 0.0697. The Morgan fingerprint density at radius 1 is 0.833 bits per heavy atom. The summed E-state index contributed by atoms with van der Waals surface area (Å²) in [5.74, 6) is -0.935. The quantitative estimate of drug-likeness (QED) is 0.566. The SMILES string of the molecule is Cc1cc(C)c(S(=O)(=O)Nc2ccc(CCc3ccc(C(=O)O)cc3)cc2)c(C)c1. The third kappa shape index (κ3) is 5.07. The van der Waals surface area contributed by atoms with Crippen LogP contribution in [0.4, 0.5) is 5.69 Å². The van der Waals surface area contributed by atoms with Crippen molar-refractivity contribution in [1.29, 1.82) is 0 Å². The highest BCUT2D eigenvalue weighted by atomic mass is 32.2. The Kier molecular flexibility index (Phi) is 6.27. The van der Waals surface area contributed by atoms with Crippen LogP contribution in [-0.4, -0.2) is 19.5 Å². The summed E-state index contributed by atoms with van der Waals surface area (Å²) < 4.78 is 28.4. The maximum atomic E-state index is 12.9. The first-order valence-corrected chi connectivity index (χ1v) is 11.2. The van der Waals surface area contributed by atoms with Crippen LogP contribution in [0, 0.1) is 20.8 Å². The number of nitrogens with one attached hydrogen (secondary N) is 1. The third-order valence-electron chi connectivity index (χ3n) is 4.98. The number of carbonyl (C=O) groups is 1. The fraction of sp³-hybridized carbons (Fsp3) is 0.208. The highest BCUT2D eigenvalue weighted by Gasteiger charge is 2.20. The molecule has 0 unspecified atom stereocenters. The van der Waals surface area contributed by atoms with Gasteiger partial charge in [-0.1, -0.05) is 42.0 Å². The molecule has 0 aromatic heterocycles. The maximum absolute atomic E-state index is 12.9. The van der Waals surface area contributed by atoms with Crippen LogP contribution in [0.2, 0.25) is 0 Å². The van der Waals surface area contributed by atoms with Crippen LogP contribution in [0.25, 0.3) is 0 Å². The van der Waals surface area contributed by atoms with Gasteiger partial charge in [0.25, 0.3) is 10.0 Å². The summed E-state index contributed by atoms with van der Waals surface area (Å²) in [5.41, 5.74) is 5.40. The van der Waals surface area contributed by atoms with E-state index in [1.54, 1.807) is 38.1 Å². The summed E-state index contributed by atoms with van der Waals surface area (Å²) in [5, 5.41) is 8.96. The van der Waals surface area contributed by atoms with E-state index in [4.69, 9.17) is 5.11 Å². The van der Waals surface area contributed by atoms with Crippen LogP contribution in [0.3, 0.4) is 0 Å². The molecular weight excluding hydrogens is 398 g/mol. The highest BCUT2D eigenvalue weighted by molar-refractivity contribution is 7.92. The number of anilines is 1. The number of hydrogen-bond donors (Lipinski definition) is 2. The molecular formula is C24H25NO4S. The van der Waals surface area contributed by atoms with E-state index in [-0.39, 0.29) is 5.56 Å². The molecule has 0 radical (unpaired) electrons. The minimum absolute atomic E-state index is 0.273. The third-order valence-corrected chi connectivity index (χ3v) is 6.67. The van der Waals surface area contributed by atoms with Gasteiger partial charge in [-0.25, -0.2) is 13.2 Å². The van der Waals surface area contributed by atoms with Crippen molar-refractivity contribution in [3.8, 4) is 0 Å². The molecule has 3 rings (SSSR count). The summed E-state index contributed by atoms with van der Waals surface area (Å²) in [4.78, 5) is 11.2. The van der Waals surface area contributed by atoms with Gasteiger partial charge in [-0.2, -0.15) is 0 Å². The molecule has 0 fully saturated rings. The lowest BCUT2D eigenvalue weighted by Gasteiger charge is -2.14. The second-order valence-electron chi connectivity index (χ2n) is 7.53.